The number of rotatable bonds is 6. The Morgan fingerprint density at radius 3 is 2.45 bits per heavy atom. The Kier molecular flexibility index (Phi) is 5.21. The van der Waals surface area contributed by atoms with Crippen LogP contribution in [0, 0.1) is 0 Å². The van der Waals surface area contributed by atoms with Crippen molar-refractivity contribution in [2.24, 2.45) is 5.73 Å². The highest BCUT2D eigenvalue weighted by molar-refractivity contribution is 5.96. The average Bonchev–Trinajstić information content (AvgIpc) is 2.99. The highest BCUT2D eigenvalue weighted by Gasteiger charge is 2.31. The molecule has 4 N–H and O–H groups in total. The van der Waals surface area contributed by atoms with E-state index in [1.807, 2.05) is 0 Å². The lowest BCUT2D eigenvalue weighted by Gasteiger charge is -2.14. The Labute approximate surface area is 161 Å². The minimum Gasteiger partial charge on any atom is -0.481 e. The summed E-state index contributed by atoms with van der Waals surface area (Å²) in [6.07, 6.45) is -5.24. The molecule has 0 aliphatic rings. The van der Waals surface area contributed by atoms with Crippen LogP contribution in [0.2, 0.25) is 0 Å². The molecule has 29 heavy (non-hydrogen) atoms. The van der Waals surface area contributed by atoms with Crippen molar-refractivity contribution in [3.8, 4) is 11.4 Å². The third kappa shape index (κ3) is 4.49. The molecule has 0 fully saturated rings. The summed E-state index contributed by atoms with van der Waals surface area (Å²) in [5, 5.41) is 18.8. The van der Waals surface area contributed by atoms with Crippen molar-refractivity contribution in [1.82, 2.24) is 4.57 Å². The number of carbonyl (C=O) groups is 2. The maximum Gasteiger partial charge on any atom is 0.573 e. The van der Waals surface area contributed by atoms with Gasteiger partial charge in [0.15, 0.2) is 0 Å². The fourth-order valence-electron chi connectivity index (χ4n) is 3.01. The van der Waals surface area contributed by atoms with Gasteiger partial charge < -0.3 is 25.3 Å². The van der Waals surface area contributed by atoms with Gasteiger partial charge in [0, 0.05) is 23.2 Å². The molecule has 0 radical (unpaired) electrons. The molecule has 1 aromatic heterocycles. The van der Waals surface area contributed by atoms with Crippen LogP contribution in [0.4, 0.5) is 13.2 Å². The summed E-state index contributed by atoms with van der Waals surface area (Å²) in [6.45, 7) is 0. The van der Waals surface area contributed by atoms with Gasteiger partial charge >= 0.3 is 18.3 Å². The van der Waals surface area contributed by atoms with E-state index in [1.165, 1.54) is 22.8 Å². The van der Waals surface area contributed by atoms with E-state index in [0.29, 0.717) is 16.6 Å². The molecule has 0 unspecified atom stereocenters. The Morgan fingerprint density at radius 2 is 1.83 bits per heavy atom. The molecule has 0 bridgehead atoms. The number of fused-ring (bicyclic) bond motifs is 1. The number of carboxylic acid groups (broad SMARTS) is 2. The lowest BCUT2D eigenvalue weighted by Crippen LogP contribution is -2.17. The zero-order chi connectivity index (χ0) is 21.3. The molecule has 0 spiro atoms. The van der Waals surface area contributed by atoms with E-state index in [-0.39, 0.29) is 17.6 Å². The van der Waals surface area contributed by atoms with Gasteiger partial charge in [-0.25, -0.2) is 4.79 Å². The highest BCUT2D eigenvalue weighted by atomic mass is 19.4. The quantitative estimate of drug-likeness (QED) is 0.573. The van der Waals surface area contributed by atoms with Crippen LogP contribution < -0.4 is 10.5 Å². The van der Waals surface area contributed by atoms with Crippen molar-refractivity contribution in [2.75, 3.05) is 0 Å². The minimum absolute atomic E-state index is 0.174. The number of aromatic nitrogens is 1. The van der Waals surface area contributed by atoms with E-state index < -0.39 is 30.1 Å². The average molecular weight is 408 g/mol. The van der Waals surface area contributed by atoms with Crippen molar-refractivity contribution in [3.63, 3.8) is 0 Å². The number of nitrogens with two attached hydrogens (primary N) is 1. The van der Waals surface area contributed by atoms with Crippen molar-refractivity contribution in [3.05, 3.63) is 59.8 Å². The second-order valence-corrected chi connectivity index (χ2v) is 6.24. The SMILES string of the molecule is N[C@@H](CC(=O)O)c1cccc(-n2c(C(=O)O)cc3ccc(OC(F)(F)F)cc32)c1. The molecule has 0 saturated heterocycles. The number of benzene rings is 2. The van der Waals surface area contributed by atoms with Crippen LogP contribution in [-0.4, -0.2) is 33.1 Å². The molecule has 0 aliphatic heterocycles. The van der Waals surface area contributed by atoms with Crippen molar-refractivity contribution in [2.45, 2.75) is 18.8 Å². The monoisotopic (exact) mass is 408 g/mol. The Hall–Kier alpha value is -3.53. The summed E-state index contributed by atoms with van der Waals surface area (Å²) in [5.74, 6) is -2.89. The maximum atomic E-state index is 12.6. The molecule has 7 nitrogen and oxygen atoms in total. The van der Waals surface area contributed by atoms with Crippen molar-refractivity contribution >= 4 is 22.8 Å². The summed E-state index contributed by atoms with van der Waals surface area (Å²) in [7, 11) is 0. The second kappa shape index (κ2) is 7.47. The smallest absolute Gasteiger partial charge is 0.481 e. The summed E-state index contributed by atoms with van der Waals surface area (Å²) in [5.41, 5.74) is 6.60. The first-order chi connectivity index (χ1) is 13.5. The Balaban J connectivity index is 2.16. The van der Waals surface area contributed by atoms with Gasteiger partial charge in [-0.3, -0.25) is 4.79 Å². The van der Waals surface area contributed by atoms with Crippen LogP contribution in [0.15, 0.2) is 48.5 Å². The summed E-state index contributed by atoms with van der Waals surface area (Å²) >= 11 is 0. The molecular weight excluding hydrogens is 393 g/mol. The Bertz CT molecular complexity index is 1090. The number of hydrogen-bond acceptors (Lipinski definition) is 4. The van der Waals surface area contributed by atoms with E-state index in [0.717, 1.165) is 12.1 Å². The molecule has 0 aliphatic carbocycles. The molecule has 0 amide bonds. The van der Waals surface area contributed by atoms with Gasteiger partial charge in [-0.1, -0.05) is 12.1 Å². The summed E-state index contributed by atoms with van der Waals surface area (Å²) in [4.78, 5) is 22.6. The zero-order valence-electron chi connectivity index (χ0n) is 14.7. The van der Waals surface area contributed by atoms with Gasteiger partial charge in [-0.15, -0.1) is 13.2 Å². The van der Waals surface area contributed by atoms with Crippen LogP contribution in [0.5, 0.6) is 5.75 Å². The van der Waals surface area contributed by atoms with E-state index >= 15 is 0 Å². The third-order valence-electron chi connectivity index (χ3n) is 4.18. The van der Waals surface area contributed by atoms with E-state index in [1.54, 1.807) is 18.2 Å². The topological polar surface area (TPSA) is 115 Å². The van der Waals surface area contributed by atoms with Crippen LogP contribution in [-0.2, 0) is 4.79 Å². The van der Waals surface area contributed by atoms with Crippen LogP contribution in [0.1, 0.15) is 28.5 Å². The fourth-order valence-corrected chi connectivity index (χ4v) is 3.01. The highest BCUT2D eigenvalue weighted by Crippen LogP contribution is 2.31. The number of carboxylic acids is 2. The Morgan fingerprint density at radius 1 is 1.10 bits per heavy atom. The van der Waals surface area contributed by atoms with Crippen LogP contribution in [0.3, 0.4) is 0 Å². The first-order valence-corrected chi connectivity index (χ1v) is 8.27. The van der Waals surface area contributed by atoms with Gasteiger partial charge in [0.1, 0.15) is 11.4 Å². The first kappa shape index (κ1) is 20.2. The number of aliphatic carboxylic acids is 1. The number of nitrogens with zero attached hydrogens (tertiary/aromatic N) is 1. The predicted molar refractivity (Wildman–Crippen MR) is 96.1 cm³/mol. The molecule has 3 rings (SSSR count). The molecule has 1 heterocycles. The van der Waals surface area contributed by atoms with E-state index in [2.05, 4.69) is 4.74 Å². The largest absolute Gasteiger partial charge is 0.573 e. The normalized spacial score (nSPS) is 12.7. The maximum absolute atomic E-state index is 12.6. The minimum atomic E-state index is -4.90. The van der Waals surface area contributed by atoms with Crippen molar-refractivity contribution in [1.29, 1.82) is 0 Å². The molecule has 0 saturated carbocycles. The molecule has 1 atom stereocenters. The predicted octanol–water partition coefficient (Wildman–Crippen LogP) is 3.70. The second-order valence-electron chi connectivity index (χ2n) is 6.24. The third-order valence-corrected chi connectivity index (χ3v) is 4.18. The van der Waals surface area contributed by atoms with Gasteiger partial charge in [0.05, 0.1) is 11.9 Å². The number of halogens is 3. The molecule has 10 heteroatoms. The molecular formula is C19H15F3N2O5. The number of hydrogen-bond donors (Lipinski definition) is 3. The number of aromatic carboxylic acids is 1. The van der Waals surface area contributed by atoms with E-state index in [9.17, 15) is 27.9 Å². The fraction of sp³-hybridized carbons (Fsp3) is 0.158. The molecule has 3 aromatic rings. The van der Waals surface area contributed by atoms with Crippen molar-refractivity contribution < 1.29 is 37.7 Å². The van der Waals surface area contributed by atoms with Crippen LogP contribution in [0.25, 0.3) is 16.6 Å². The van der Waals surface area contributed by atoms with Gasteiger partial charge in [0.25, 0.3) is 0 Å². The standard InChI is InChI=1S/C19H15F3N2O5/c20-19(21,22)29-13-5-4-11-7-16(18(27)28)24(15(11)8-13)12-3-1-2-10(6-12)14(23)9-17(25)26/h1-8,14H,9,23H2,(H,25,26)(H,27,28)/t14-/m0/s1. The molecule has 152 valence electrons. The lowest BCUT2D eigenvalue weighted by atomic mass is 10.0. The molecule has 2 aromatic carbocycles. The lowest BCUT2D eigenvalue weighted by molar-refractivity contribution is -0.274. The number of ether oxygens (including phenoxy) is 1. The number of alkyl halides is 3. The first-order valence-electron chi connectivity index (χ1n) is 8.27. The van der Waals surface area contributed by atoms with Crippen LogP contribution >= 0.6 is 0 Å². The summed E-state index contributed by atoms with van der Waals surface area (Å²) < 4.78 is 42.9. The van der Waals surface area contributed by atoms with E-state index in [4.69, 9.17) is 10.8 Å². The van der Waals surface area contributed by atoms with Gasteiger partial charge in [-0.2, -0.15) is 0 Å². The van der Waals surface area contributed by atoms with Gasteiger partial charge in [0.2, 0.25) is 0 Å². The van der Waals surface area contributed by atoms with Gasteiger partial charge in [-0.05, 0) is 35.9 Å². The zero-order valence-corrected chi connectivity index (χ0v) is 14.7. The summed E-state index contributed by atoms with van der Waals surface area (Å²) in [6, 6.07) is 10.1.